The fraction of sp³-hybridized carbons (Fsp3) is 0.588. The molecule has 0 amide bonds. The largest absolute Gasteiger partial charge is 0.487 e. The lowest BCUT2D eigenvalue weighted by Gasteiger charge is -2.25. The van der Waals surface area contributed by atoms with Crippen LogP contribution in [0.4, 0.5) is 5.69 Å². The first-order valence-corrected chi connectivity index (χ1v) is 7.79. The summed E-state index contributed by atoms with van der Waals surface area (Å²) < 4.78 is 5.73. The van der Waals surface area contributed by atoms with E-state index in [0.717, 1.165) is 36.5 Å². The number of ketones is 1. The third-order valence-corrected chi connectivity index (χ3v) is 3.74. The number of anilines is 1. The third-order valence-electron chi connectivity index (χ3n) is 3.74. The second-order valence-corrected chi connectivity index (χ2v) is 6.24. The summed E-state index contributed by atoms with van der Waals surface area (Å²) in [6.45, 7) is 9.96. The number of hydrogen-bond acceptors (Lipinski definition) is 4. The van der Waals surface area contributed by atoms with E-state index < -0.39 is 0 Å². The molecule has 0 aromatic heterocycles. The fourth-order valence-electron chi connectivity index (χ4n) is 2.37. The topological polar surface area (TPSA) is 50.4 Å². The van der Waals surface area contributed by atoms with Gasteiger partial charge in [-0.25, -0.2) is 0 Å². The number of carbonyl (C=O) groups is 1. The molecule has 4 heteroatoms. The minimum atomic E-state index is -0.162. The van der Waals surface area contributed by atoms with Gasteiger partial charge in [0.2, 0.25) is 0 Å². The van der Waals surface area contributed by atoms with Gasteiger partial charge in [-0.15, -0.1) is 0 Å². The molecule has 0 saturated heterocycles. The molecule has 2 rings (SSSR count). The number of benzene rings is 1. The number of Topliss-reactive ketones (excluding diaryl/α,β-unsaturated/α-hetero) is 1. The molecule has 2 atom stereocenters. The summed E-state index contributed by atoms with van der Waals surface area (Å²) >= 11 is 0. The van der Waals surface area contributed by atoms with E-state index in [9.17, 15) is 4.79 Å². The van der Waals surface area contributed by atoms with Crippen molar-refractivity contribution >= 4 is 11.5 Å². The molecule has 0 saturated carbocycles. The number of hydrogen-bond donors (Lipinski definition) is 2. The highest BCUT2D eigenvalue weighted by Gasteiger charge is 2.19. The highest BCUT2D eigenvalue weighted by Crippen LogP contribution is 2.30. The molecule has 2 unspecified atom stereocenters. The molecule has 1 heterocycles. The molecule has 4 nitrogen and oxygen atoms in total. The van der Waals surface area contributed by atoms with Crippen LogP contribution in [0.1, 0.15) is 44.5 Å². The molecule has 21 heavy (non-hydrogen) atoms. The summed E-state index contributed by atoms with van der Waals surface area (Å²) in [6, 6.07) is 5.46. The molecule has 2 N–H and O–H groups in total. The van der Waals surface area contributed by atoms with Gasteiger partial charge in [0.15, 0.2) is 5.78 Å². The van der Waals surface area contributed by atoms with E-state index in [1.807, 2.05) is 32.0 Å². The lowest BCUT2D eigenvalue weighted by molar-refractivity contribution is 0.0950. The van der Waals surface area contributed by atoms with Crippen molar-refractivity contribution in [3.05, 3.63) is 23.8 Å². The quantitative estimate of drug-likeness (QED) is 0.791. The van der Waals surface area contributed by atoms with Gasteiger partial charge in [-0.3, -0.25) is 4.79 Å². The van der Waals surface area contributed by atoms with E-state index in [1.165, 1.54) is 0 Å². The maximum atomic E-state index is 12.4. The third kappa shape index (κ3) is 4.21. The molecular formula is C17H26N2O2. The van der Waals surface area contributed by atoms with Gasteiger partial charge in [0.1, 0.15) is 11.9 Å². The van der Waals surface area contributed by atoms with Gasteiger partial charge in [0.05, 0.1) is 18.3 Å². The molecule has 1 aliphatic heterocycles. The minimum absolute atomic E-state index is 0.127. The maximum absolute atomic E-state index is 12.4. The predicted molar refractivity (Wildman–Crippen MR) is 86.3 cm³/mol. The number of fused-ring (bicyclic) bond motifs is 1. The Balaban J connectivity index is 1.99. The molecule has 1 aliphatic rings. The number of nitrogens with one attached hydrogen (secondary N) is 2. The lowest BCUT2D eigenvalue weighted by Crippen LogP contribution is -2.35. The van der Waals surface area contributed by atoms with Crippen LogP contribution in [-0.2, 0) is 0 Å². The zero-order valence-electron chi connectivity index (χ0n) is 13.4. The second-order valence-electron chi connectivity index (χ2n) is 6.24. The van der Waals surface area contributed by atoms with E-state index in [1.54, 1.807) is 0 Å². The Bertz CT molecular complexity index is 500. The standard InChI is InChI=1S/C17H26N2O2/c1-11(2)7-8-18-13(4)17(20)14-5-6-16-15(9-14)19-10-12(3)21-16/h5-6,9,11-13,18-19H,7-8,10H2,1-4H3. The van der Waals surface area contributed by atoms with Crippen molar-refractivity contribution in [1.29, 1.82) is 0 Å². The second kappa shape index (κ2) is 6.94. The van der Waals surface area contributed by atoms with Crippen LogP contribution in [0.15, 0.2) is 18.2 Å². The van der Waals surface area contributed by atoms with Crippen molar-refractivity contribution in [2.24, 2.45) is 5.92 Å². The molecule has 0 fully saturated rings. The average molecular weight is 290 g/mol. The van der Waals surface area contributed by atoms with Crippen LogP contribution in [0.25, 0.3) is 0 Å². The normalized spacial score (nSPS) is 18.6. The van der Waals surface area contributed by atoms with Crippen molar-refractivity contribution in [3.8, 4) is 5.75 Å². The predicted octanol–water partition coefficient (Wildman–Crippen LogP) is 3.09. The molecule has 0 bridgehead atoms. The average Bonchev–Trinajstić information content (AvgIpc) is 2.45. The Morgan fingerprint density at radius 2 is 2.19 bits per heavy atom. The first kappa shape index (κ1) is 15.8. The first-order chi connectivity index (χ1) is 9.97. The fourth-order valence-corrected chi connectivity index (χ4v) is 2.37. The van der Waals surface area contributed by atoms with E-state index in [-0.39, 0.29) is 17.9 Å². The van der Waals surface area contributed by atoms with Crippen LogP contribution in [0.3, 0.4) is 0 Å². The molecular weight excluding hydrogens is 264 g/mol. The van der Waals surface area contributed by atoms with E-state index in [2.05, 4.69) is 24.5 Å². The summed E-state index contributed by atoms with van der Waals surface area (Å²) in [5.74, 6) is 1.60. The maximum Gasteiger partial charge on any atom is 0.179 e. The summed E-state index contributed by atoms with van der Waals surface area (Å²) in [4.78, 5) is 12.4. The van der Waals surface area contributed by atoms with Crippen LogP contribution >= 0.6 is 0 Å². The Hall–Kier alpha value is -1.55. The van der Waals surface area contributed by atoms with Gasteiger partial charge in [-0.05, 0) is 50.9 Å². The molecule has 0 radical (unpaired) electrons. The Kier molecular flexibility index (Phi) is 5.23. The number of ether oxygens (including phenoxy) is 1. The van der Waals surface area contributed by atoms with Crippen LogP contribution in [0.5, 0.6) is 5.75 Å². The monoisotopic (exact) mass is 290 g/mol. The Morgan fingerprint density at radius 1 is 1.43 bits per heavy atom. The van der Waals surface area contributed by atoms with Crippen LogP contribution < -0.4 is 15.4 Å². The van der Waals surface area contributed by atoms with Crippen LogP contribution in [-0.4, -0.2) is 31.0 Å². The smallest absolute Gasteiger partial charge is 0.179 e. The molecule has 1 aromatic rings. The van der Waals surface area contributed by atoms with Gasteiger partial charge in [0.25, 0.3) is 0 Å². The minimum Gasteiger partial charge on any atom is -0.487 e. The van der Waals surface area contributed by atoms with Crippen LogP contribution in [0, 0.1) is 5.92 Å². The Labute approximate surface area is 127 Å². The van der Waals surface area contributed by atoms with Gasteiger partial charge < -0.3 is 15.4 Å². The van der Waals surface area contributed by atoms with Gasteiger partial charge >= 0.3 is 0 Å². The summed E-state index contributed by atoms with van der Waals surface area (Å²) in [6.07, 6.45) is 1.24. The van der Waals surface area contributed by atoms with E-state index in [0.29, 0.717) is 5.92 Å². The molecule has 0 spiro atoms. The zero-order valence-corrected chi connectivity index (χ0v) is 13.4. The summed E-state index contributed by atoms with van der Waals surface area (Å²) in [7, 11) is 0. The van der Waals surface area contributed by atoms with Crippen molar-refractivity contribution in [2.75, 3.05) is 18.4 Å². The highest BCUT2D eigenvalue weighted by atomic mass is 16.5. The van der Waals surface area contributed by atoms with Crippen molar-refractivity contribution in [2.45, 2.75) is 46.3 Å². The van der Waals surface area contributed by atoms with Gasteiger partial charge in [-0.2, -0.15) is 0 Å². The van der Waals surface area contributed by atoms with Crippen molar-refractivity contribution in [3.63, 3.8) is 0 Å². The Morgan fingerprint density at radius 3 is 2.90 bits per heavy atom. The molecule has 1 aromatic carbocycles. The van der Waals surface area contributed by atoms with Gasteiger partial charge in [0, 0.05) is 5.56 Å². The van der Waals surface area contributed by atoms with E-state index >= 15 is 0 Å². The first-order valence-electron chi connectivity index (χ1n) is 7.79. The van der Waals surface area contributed by atoms with Crippen LogP contribution in [0.2, 0.25) is 0 Å². The SMILES string of the molecule is CC(C)CCNC(C)C(=O)c1ccc2c(c1)NCC(C)O2. The number of carbonyl (C=O) groups excluding carboxylic acids is 1. The van der Waals surface area contributed by atoms with Crippen molar-refractivity contribution in [1.82, 2.24) is 5.32 Å². The summed E-state index contributed by atoms with van der Waals surface area (Å²) in [5.41, 5.74) is 1.64. The molecule has 0 aliphatic carbocycles. The lowest BCUT2D eigenvalue weighted by atomic mass is 10.0. The van der Waals surface area contributed by atoms with Crippen molar-refractivity contribution < 1.29 is 9.53 Å². The van der Waals surface area contributed by atoms with Gasteiger partial charge in [-0.1, -0.05) is 13.8 Å². The summed E-state index contributed by atoms with van der Waals surface area (Å²) in [5, 5.41) is 6.61. The highest BCUT2D eigenvalue weighted by molar-refractivity contribution is 6.01. The van der Waals surface area contributed by atoms with E-state index in [4.69, 9.17) is 4.74 Å². The zero-order chi connectivity index (χ0) is 15.4. The number of rotatable bonds is 6. The molecule has 116 valence electrons.